The van der Waals surface area contributed by atoms with E-state index in [-0.39, 0.29) is 0 Å². The van der Waals surface area contributed by atoms with Gasteiger partial charge in [0.25, 0.3) is 0 Å². The number of hydrogen-bond acceptors (Lipinski definition) is 2. The summed E-state index contributed by atoms with van der Waals surface area (Å²) in [5.41, 5.74) is -0.738. The molecule has 3 nitrogen and oxygen atoms in total. The standard InChI is InChI=1S/C18H7F6N3/c19-17(20,21)14-4-10-8-2-1-3-9-11-5-15(18(22,23)24)26-7-13(11)27(16(8)9)12(10)6-25-14/h1-7H. The zero-order valence-corrected chi connectivity index (χ0v) is 13.2. The number of hydrogen-bond donors (Lipinski definition) is 0. The number of aromatic nitrogens is 3. The molecule has 5 aromatic rings. The van der Waals surface area contributed by atoms with Crippen molar-refractivity contribution in [3.8, 4) is 0 Å². The van der Waals surface area contributed by atoms with Gasteiger partial charge in [0.1, 0.15) is 11.4 Å². The highest BCUT2D eigenvalue weighted by molar-refractivity contribution is 6.23. The van der Waals surface area contributed by atoms with Crippen LogP contribution in [0.3, 0.4) is 0 Å². The van der Waals surface area contributed by atoms with E-state index in [4.69, 9.17) is 0 Å². The van der Waals surface area contributed by atoms with Crippen LogP contribution in [0.5, 0.6) is 0 Å². The Morgan fingerprint density at radius 2 is 1.11 bits per heavy atom. The van der Waals surface area contributed by atoms with Crippen LogP contribution in [0.15, 0.2) is 42.7 Å². The van der Waals surface area contributed by atoms with Crippen molar-refractivity contribution in [2.45, 2.75) is 12.4 Å². The van der Waals surface area contributed by atoms with Crippen LogP contribution in [0.4, 0.5) is 26.3 Å². The van der Waals surface area contributed by atoms with Gasteiger partial charge in [0.15, 0.2) is 0 Å². The van der Waals surface area contributed by atoms with Gasteiger partial charge in [-0.2, -0.15) is 26.3 Å². The maximum absolute atomic E-state index is 13.0. The van der Waals surface area contributed by atoms with Crippen LogP contribution in [0.25, 0.3) is 38.1 Å². The van der Waals surface area contributed by atoms with Gasteiger partial charge in [0, 0.05) is 21.5 Å². The molecule has 0 aliphatic rings. The minimum Gasteiger partial charge on any atom is -0.305 e. The molecular formula is C18H7F6N3. The molecule has 0 bridgehead atoms. The first kappa shape index (κ1) is 16.1. The van der Waals surface area contributed by atoms with Gasteiger partial charge in [0.05, 0.1) is 28.9 Å². The Hall–Kier alpha value is -3.10. The molecule has 4 heterocycles. The van der Waals surface area contributed by atoms with Crippen LogP contribution in [0, 0.1) is 0 Å². The number of alkyl halides is 6. The molecule has 0 radical (unpaired) electrons. The van der Waals surface area contributed by atoms with Gasteiger partial charge in [-0.1, -0.05) is 18.2 Å². The molecule has 27 heavy (non-hydrogen) atoms. The van der Waals surface area contributed by atoms with Crippen LogP contribution in [-0.2, 0) is 12.4 Å². The van der Waals surface area contributed by atoms with Gasteiger partial charge in [-0.25, -0.2) is 9.97 Å². The molecule has 136 valence electrons. The second-order valence-corrected chi connectivity index (χ2v) is 6.21. The van der Waals surface area contributed by atoms with Crippen LogP contribution in [0.2, 0.25) is 0 Å². The average Bonchev–Trinajstić information content (AvgIpc) is 3.11. The Kier molecular flexibility index (Phi) is 2.85. The predicted octanol–water partition coefficient (Wildman–Crippen LogP) is 5.66. The molecule has 5 rings (SSSR count). The Labute approximate surface area is 146 Å². The van der Waals surface area contributed by atoms with Crippen molar-refractivity contribution in [2.75, 3.05) is 0 Å². The number of halogens is 6. The quantitative estimate of drug-likeness (QED) is 0.325. The SMILES string of the molecule is FC(F)(F)c1cc2c3cccc4c5cc(C(F)(F)F)ncc5n(c2cn1)c34. The van der Waals surface area contributed by atoms with Crippen molar-refractivity contribution in [2.24, 2.45) is 0 Å². The van der Waals surface area contributed by atoms with Crippen molar-refractivity contribution < 1.29 is 26.3 Å². The molecule has 0 saturated heterocycles. The van der Waals surface area contributed by atoms with Crippen LogP contribution in [0.1, 0.15) is 11.4 Å². The molecule has 0 unspecified atom stereocenters. The van der Waals surface area contributed by atoms with E-state index in [0.29, 0.717) is 38.1 Å². The fraction of sp³-hybridized carbons (Fsp3) is 0.111. The van der Waals surface area contributed by atoms with E-state index in [1.165, 1.54) is 0 Å². The summed E-state index contributed by atoms with van der Waals surface area (Å²) in [6, 6.07) is 6.81. The molecule has 0 N–H and O–H groups in total. The van der Waals surface area contributed by atoms with Crippen molar-refractivity contribution in [3.05, 3.63) is 54.1 Å². The highest BCUT2D eigenvalue weighted by Gasteiger charge is 2.34. The van der Waals surface area contributed by atoms with Crippen molar-refractivity contribution >= 4 is 38.1 Å². The van der Waals surface area contributed by atoms with Gasteiger partial charge in [-0.15, -0.1) is 0 Å². The third-order valence-corrected chi connectivity index (χ3v) is 4.67. The lowest BCUT2D eigenvalue weighted by Crippen LogP contribution is -2.07. The highest BCUT2D eigenvalue weighted by Crippen LogP contribution is 2.41. The number of rotatable bonds is 0. The second-order valence-electron chi connectivity index (χ2n) is 6.21. The summed E-state index contributed by atoms with van der Waals surface area (Å²) >= 11 is 0. The lowest BCUT2D eigenvalue weighted by molar-refractivity contribution is -0.141. The summed E-state index contributed by atoms with van der Waals surface area (Å²) in [7, 11) is 0. The van der Waals surface area contributed by atoms with E-state index in [1.807, 2.05) is 0 Å². The first-order valence-electron chi connectivity index (χ1n) is 7.74. The third kappa shape index (κ3) is 2.11. The summed E-state index contributed by atoms with van der Waals surface area (Å²) in [4.78, 5) is 6.98. The predicted molar refractivity (Wildman–Crippen MR) is 86.7 cm³/mol. The molecule has 0 atom stereocenters. The summed E-state index contributed by atoms with van der Waals surface area (Å²) < 4.78 is 79.8. The lowest BCUT2D eigenvalue weighted by Gasteiger charge is -2.06. The van der Waals surface area contributed by atoms with Crippen molar-refractivity contribution in [3.63, 3.8) is 0 Å². The molecule has 0 saturated carbocycles. The Morgan fingerprint density at radius 3 is 1.52 bits per heavy atom. The zero-order valence-electron chi connectivity index (χ0n) is 13.2. The monoisotopic (exact) mass is 379 g/mol. The average molecular weight is 379 g/mol. The Bertz CT molecular complexity index is 1250. The zero-order chi connectivity index (χ0) is 19.1. The second kappa shape index (κ2) is 4.79. The maximum atomic E-state index is 13.0. The van der Waals surface area contributed by atoms with E-state index in [1.54, 1.807) is 22.6 Å². The number of benzene rings is 1. The molecule has 0 spiro atoms. The number of nitrogens with zero attached hydrogens (tertiary/aromatic N) is 3. The molecule has 0 amide bonds. The van der Waals surface area contributed by atoms with Crippen LogP contribution >= 0.6 is 0 Å². The summed E-state index contributed by atoms with van der Waals surface area (Å²) in [6.07, 6.45) is -7.00. The first-order chi connectivity index (χ1) is 12.7. The molecule has 0 fully saturated rings. The van der Waals surface area contributed by atoms with Crippen molar-refractivity contribution in [1.29, 1.82) is 0 Å². The lowest BCUT2D eigenvalue weighted by atomic mass is 10.1. The van der Waals surface area contributed by atoms with Gasteiger partial charge in [-0.3, -0.25) is 0 Å². The van der Waals surface area contributed by atoms with Crippen molar-refractivity contribution in [1.82, 2.24) is 14.4 Å². The minimum atomic E-state index is -4.59. The van der Waals surface area contributed by atoms with Gasteiger partial charge in [0.2, 0.25) is 0 Å². The summed E-state index contributed by atoms with van der Waals surface area (Å²) in [6.45, 7) is 0. The maximum Gasteiger partial charge on any atom is 0.433 e. The first-order valence-corrected chi connectivity index (χ1v) is 7.74. The topological polar surface area (TPSA) is 30.2 Å². The molecule has 1 aromatic carbocycles. The van der Waals surface area contributed by atoms with E-state index in [9.17, 15) is 26.3 Å². The van der Waals surface area contributed by atoms with Crippen LogP contribution in [-0.4, -0.2) is 14.4 Å². The van der Waals surface area contributed by atoms with Gasteiger partial charge >= 0.3 is 12.4 Å². The Morgan fingerprint density at radius 1 is 0.667 bits per heavy atom. The molecule has 0 aliphatic heterocycles. The molecule has 0 aliphatic carbocycles. The van der Waals surface area contributed by atoms with E-state index >= 15 is 0 Å². The highest BCUT2D eigenvalue weighted by atomic mass is 19.4. The van der Waals surface area contributed by atoms with E-state index < -0.39 is 23.7 Å². The molecular weight excluding hydrogens is 372 g/mol. The number of para-hydroxylation sites is 1. The third-order valence-electron chi connectivity index (χ3n) is 4.67. The van der Waals surface area contributed by atoms with E-state index in [2.05, 4.69) is 9.97 Å². The van der Waals surface area contributed by atoms with Crippen LogP contribution < -0.4 is 0 Å². The summed E-state index contributed by atoms with van der Waals surface area (Å²) in [5.74, 6) is 0. The number of pyridine rings is 2. The molecule has 4 aromatic heterocycles. The Balaban J connectivity index is 1.96. The largest absolute Gasteiger partial charge is 0.433 e. The fourth-order valence-electron chi connectivity index (χ4n) is 3.58. The van der Waals surface area contributed by atoms with Gasteiger partial charge in [-0.05, 0) is 12.1 Å². The molecule has 9 heteroatoms. The van der Waals surface area contributed by atoms with Gasteiger partial charge < -0.3 is 4.40 Å². The normalized spacial score (nSPS) is 13.6. The minimum absolute atomic E-state index is 0.333. The smallest absolute Gasteiger partial charge is 0.305 e. The fourth-order valence-corrected chi connectivity index (χ4v) is 3.58. The van der Waals surface area contributed by atoms with E-state index in [0.717, 1.165) is 24.5 Å². The number of fused-ring (bicyclic) bond motifs is 6. The summed E-state index contributed by atoms with van der Waals surface area (Å²) in [5, 5.41) is 1.69.